The molecule has 2 heteroatoms. The maximum atomic E-state index is 3.63. The highest BCUT2D eigenvalue weighted by atomic mass is 15.1. The quantitative estimate of drug-likeness (QED) is 0.875. The second-order valence-electron chi connectivity index (χ2n) is 6.82. The zero-order valence-electron chi connectivity index (χ0n) is 12.7. The van der Waals surface area contributed by atoms with Crippen molar-refractivity contribution in [1.29, 1.82) is 0 Å². The molecule has 1 aliphatic heterocycles. The summed E-state index contributed by atoms with van der Waals surface area (Å²) in [4.78, 5) is 2.61. The van der Waals surface area contributed by atoms with Crippen LogP contribution in [0.15, 0.2) is 30.3 Å². The van der Waals surface area contributed by atoms with Crippen LogP contribution in [0.4, 0.5) is 0 Å². The van der Waals surface area contributed by atoms with Crippen LogP contribution in [0.2, 0.25) is 0 Å². The molecule has 0 spiro atoms. The van der Waals surface area contributed by atoms with Crippen LogP contribution in [-0.4, -0.2) is 36.6 Å². The Morgan fingerprint density at radius 1 is 1.21 bits per heavy atom. The molecule has 2 rings (SSSR count). The lowest BCUT2D eigenvalue weighted by Gasteiger charge is -2.23. The molecule has 1 unspecified atom stereocenters. The lowest BCUT2D eigenvalue weighted by atomic mass is 10.1. The zero-order chi connectivity index (χ0) is 13.7. The summed E-state index contributed by atoms with van der Waals surface area (Å²) in [7, 11) is 0. The van der Waals surface area contributed by atoms with Crippen molar-refractivity contribution >= 4 is 0 Å². The van der Waals surface area contributed by atoms with Crippen LogP contribution >= 0.6 is 0 Å². The summed E-state index contributed by atoms with van der Waals surface area (Å²) in [5, 5.41) is 3.63. The van der Waals surface area contributed by atoms with E-state index < -0.39 is 0 Å². The van der Waals surface area contributed by atoms with Crippen molar-refractivity contribution in [3.63, 3.8) is 0 Å². The van der Waals surface area contributed by atoms with E-state index in [2.05, 4.69) is 61.3 Å². The SMILES string of the molecule is CC(C)(C)NCC1CCN(CCc2ccccc2)C1. The van der Waals surface area contributed by atoms with Gasteiger partial charge in [0.15, 0.2) is 0 Å². The molecule has 2 nitrogen and oxygen atoms in total. The summed E-state index contributed by atoms with van der Waals surface area (Å²) >= 11 is 0. The highest BCUT2D eigenvalue weighted by molar-refractivity contribution is 5.14. The van der Waals surface area contributed by atoms with Gasteiger partial charge in [-0.15, -0.1) is 0 Å². The molecule has 1 heterocycles. The lowest BCUT2D eigenvalue weighted by Crippen LogP contribution is -2.39. The van der Waals surface area contributed by atoms with Crippen molar-refractivity contribution in [3.8, 4) is 0 Å². The van der Waals surface area contributed by atoms with Crippen molar-refractivity contribution < 1.29 is 0 Å². The smallest absolute Gasteiger partial charge is 0.00966 e. The zero-order valence-corrected chi connectivity index (χ0v) is 12.7. The van der Waals surface area contributed by atoms with Gasteiger partial charge in [0.05, 0.1) is 0 Å². The minimum atomic E-state index is 0.247. The Morgan fingerprint density at radius 3 is 2.63 bits per heavy atom. The van der Waals surface area contributed by atoms with Gasteiger partial charge in [0, 0.05) is 18.6 Å². The average Bonchev–Trinajstić information content (AvgIpc) is 2.82. The van der Waals surface area contributed by atoms with E-state index >= 15 is 0 Å². The molecule has 1 atom stereocenters. The summed E-state index contributed by atoms with van der Waals surface area (Å²) in [6.07, 6.45) is 2.53. The first kappa shape index (κ1) is 14.5. The third kappa shape index (κ3) is 5.33. The highest BCUT2D eigenvalue weighted by Gasteiger charge is 2.23. The molecule has 0 bridgehead atoms. The third-order valence-corrected chi connectivity index (χ3v) is 3.85. The molecule has 1 saturated heterocycles. The molecular weight excluding hydrogens is 232 g/mol. The number of hydrogen-bond acceptors (Lipinski definition) is 2. The van der Waals surface area contributed by atoms with E-state index in [1.165, 1.54) is 38.0 Å². The van der Waals surface area contributed by atoms with Crippen molar-refractivity contribution in [3.05, 3.63) is 35.9 Å². The number of nitrogens with zero attached hydrogens (tertiary/aromatic N) is 1. The largest absolute Gasteiger partial charge is 0.312 e. The van der Waals surface area contributed by atoms with Crippen molar-refractivity contribution in [1.82, 2.24) is 10.2 Å². The van der Waals surface area contributed by atoms with Gasteiger partial charge in [-0.05, 0) is 58.2 Å². The molecule has 0 radical (unpaired) electrons. The van der Waals surface area contributed by atoms with Crippen LogP contribution in [0.25, 0.3) is 0 Å². The van der Waals surface area contributed by atoms with Crippen LogP contribution in [0, 0.1) is 5.92 Å². The molecule has 0 aromatic heterocycles. The normalized spacial score (nSPS) is 20.9. The van der Waals surface area contributed by atoms with Gasteiger partial charge >= 0.3 is 0 Å². The molecule has 1 aliphatic rings. The molecule has 1 N–H and O–H groups in total. The van der Waals surface area contributed by atoms with E-state index in [1.807, 2.05) is 0 Å². The maximum absolute atomic E-state index is 3.63. The van der Waals surface area contributed by atoms with Crippen molar-refractivity contribution in [2.45, 2.75) is 39.2 Å². The van der Waals surface area contributed by atoms with Gasteiger partial charge in [-0.3, -0.25) is 0 Å². The predicted molar refractivity (Wildman–Crippen MR) is 82.4 cm³/mol. The molecule has 19 heavy (non-hydrogen) atoms. The molecule has 1 aromatic carbocycles. The molecule has 0 amide bonds. The fourth-order valence-corrected chi connectivity index (χ4v) is 2.66. The van der Waals surface area contributed by atoms with Gasteiger partial charge in [0.25, 0.3) is 0 Å². The molecule has 0 saturated carbocycles. The fraction of sp³-hybridized carbons (Fsp3) is 0.647. The van der Waals surface area contributed by atoms with Gasteiger partial charge < -0.3 is 10.2 Å². The molecule has 0 aliphatic carbocycles. The molecule has 1 aromatic rings. The summed E-state index contributed by atoms with van der Waals surface area (Å²) in [5.41, 5.74) is 1.70. The van der Waals surface area contributed by atoms with Crippen molar-refractivity contribution in [2.24, 2.45) is 5.92 Å². The monoisotopic (exact) mass is 260 g/mol. The summed E-state index contributed by atoms with van der Waals surface area (Å²) in [6, 6.07) is 10.8. The average molecular weight is 260 g/mol. The Kier molecular flexibility index (Phi) is 5.00. The first-order chi connectivity index (χ1) is 9.03. The number of likely N-dealkylation sites (tertiary alicyclic amines) is 1. The van der Waals surface area contributed by atoms with E-state index in [-0.39, 0.29) is 5.54 Å². The molecular formula is C17H28N2. The summed E-state index contributed by atoms with van der Waals surface area (Å²) in [5.74, 6) is 0.829. The Labute approximate surface area is 118 Å². The number of rotatable bonds is 5. The van der Waals surface area contributed by atoms with Crippen LogP contribution < -0.4 is 5.32 Å². The number of benzene rings is 1. The van der Waals surface area contributed by atoms with Crippen LogP contribution in [0.1, 0.15) is 32.8 Å². The van der Waals surface area contributed by atoms with E-state index in [0.29, 0.717) is 0 Å². The first-order valence-corrected chi connectivity index (χ1v) is 7.54. The standard InChI is InChI=1S/C17H28N2/c1-17(2,3)18-13-16-10-12-19(14-16)11-9-15-7-5-4-6-8-15/h4-8,16,18H,9-14H2,1-3H3. The van der Waals surface area contributed by atoms with Gasteiger partial charge in [0.1, 0.15) is 0 Å². The number of nitrogens with one attached hydrogen (secondary N) is 1. The lowest BCUT2D eigenvalue weighted by molar-refractivity contribution is 0.315. The Morgan fingerprint density at radius 2 is 1.95 bits per heavy atom. The topological polar surface area (TPSA) is 15.3 Å². The van der Waals surface area contributed by atoms with Crippen molar-refractivity contribution in [2.75, 3.05) is 26.2 Å². The number of hydrogen-bond donors (Lipinski definition) is 1. The predicted octanol–water partition coefficient (Wildman–Crippen LogP) is 2.94. The second-order valence-corrected chi connectivity index (χ2v) is 6.82. The van der Waals surface area contributed by atoms with Gasteiger partial charge in [0.2, 0.25) is 0 Å². The second kappa shape index (κ2) is 6.53. The fourth-order valence-electron chi connectivity index (χ4n) is 2.66. The summed E-state index contributed by atoms with van der Waals surface area (Å²) in [6.45, 7) is 11.6. The van der Waals surface area contributed by atoms with Gasteiger partial charge in [-0.2, -0.15) is 0 Å². The Bertz CT molecular complexity index is 367. The minimum Gasteiger partial charge on any atom is -0.312 e. The highest BCUT2D eigenvalue weighted by Crippen LogP contribution is 2.17. The van der Waals surface area contributed by atoms with E-state index in [1.54, 1.807) is 0 Å². The van der Waals surface area contributed by atoms with Crippen LogP contribution in [0.5, 0.6) is 0 Å². The summed E-state index contributed by atoms with van der Waals surface area (Å²) < 4.78 is 0. The van der Waals surface area contributed by atoms with E-state index in [4.69, 9.17) is 0 Å². The van der Waals surface area contributed by atoms with Crippen LogP contribution in [0.3, 0.4) is 0 Å². The Balaban J connectivity index is 1.68. The molecule has 106 valence electrons. The van der Waals surface area contributed by atoms with E-state index in [9.17, 15) is 0 Å². The minimum absolute atomic E-state index is 0.247. The van der Waals surface area contributed by atoms with Gasteiger partial charge in [-0.1, -0.05) is 30.3 Å². The van der Waals surface area contributed by atoms with Gasteiger partial charge in [-0.25, -0.2) is 0 Å². The molecule has 1 fully saturated rings. The first-order valence-electron chi connectivity index (χ1n) is 7.54. The maximum Gasteiger partial charge on any atom is 0.00966 e. The Hall–Kier alpha value is -0.860. The van der Waals surface area contributed by atoms with Crippen LogP contribution in [-0.2, 0) is 6.42 Å². The van der Waals surface area contributed by atoms with E-state index in [0.717, 1.165) is 12.5 Å². The third-order valence-electron chi connectivity index (χ3n) is 3.85.